The third-order valence-electron chi connectivity index (χ3n) is 6.68. The van der Waals surface area contributed by atoms with Crippen LogP contribution in [0, 0.1) is 6.92 Å². The van der Waals surface area contributed by atoms with Crippen LogP contribution in [0.3, 0.4) is 0 Å². The lowest BCUT2D eigenvalue weighted by molar-refractivity contribution is -0.183. The summed E-state index contributed by atoms with van der Waals surface area (Å²) in [5.74, 6) is 0.119. The molecule has 1 aliphatic heterocycles. The molecule has 39 heavy (non-hydrogen) atoms. The number of rotatable bonds is 5. The fourth-order valence-electron chi connectivity index (χ4n) is 4.94. The number of nitrogens with zero attached hydrogens (tertiary/aromatic N) is 5. The molecule has 0 aliphatic carbocycles. The molecule has 1 aliphatic rings. The molecule has 3 N–H and O–H groups in total. The Morgan fingerprint density at radius 1 is 1.10 bits per heavy atom. The summed E-state index contributed by atoms with van der Waals surface area (Å²) in [6, 6.07) is 8.07. The topological polar surface area (TPSA) is 101 Å². The van der Waals surface area contributed by atoms with Crippen LogP contribution in [0.2, 0.25) is 0 Å². The van der Waals surface area contributed by atoms with E-state index in [1.165, 1.54) is 27.6 Å². The zero-order valence-corrected chi connectivity index (χ0v) is 23.2. The summed E-state index contributed by atoms with van der Waals surface area (Å²) in [4.78, 5) is 18.8. The minimum Gasteiger partial charge on any atom is -0.350 e. The van der Waals surface area contributed by atoms with Crippen molar-refractivity contribution in [2.24, 2.45) is 5.73 Å². The summed E-state index contributed by atoms with van der Waals surface area (Å²) < 4.78 is 44.0. The van der Waals surface area contributed by atoms with Gasteiger partial charge in [0.1, 0.15) is 11.7 Å². The molecule has 4 aromatic rings. The van der Waals surface area contributed by atoms with Crippen molar-refractivity contribution in [3.05, 3.63) is 59.3 Å². The van der Waals surface area contributed by atoms with E-state index in [9.17, 15) is 18.0 Å². The number of hydrogen-bond donors (Lipinski definition) is 2. The van der Waals surface area contributed by atoms with Crippen molar-refractivity contribution >= 4 is 47.3 Å². The number of halogens is 5. The quantitative estimate of drug-likeness (QED) is 0.347. The molecule has 1 aromatic carbocycles. The van der Waals surface area contributed by atoms with E-state index in [0.717, 1.165) is 5.39 Å². The molecule has 1 fully saturated rings. The van der Waals surface area contributed by atoms with Crippen LogP contribution < -0.4 is 11.1 Å². The van der Waals surface area contributed by atoms with Crippen LogP contribution in [0.1, 0.15) is 47.8 Å². The molecule has 0 radical (unpaired) electrons. The van der Waals surface area contributed by atoms with Gasteiger partial charge in [-0.2, -0.15) is 13.2 Å². The number of amides is 1. The monoisotopic (exact) mass is 583 g/mol. The lowest BCUT2D eigenvalue weighted by Gasteiger charge is -2.30. The molecule has 2 atom stereocenters. The van der Waals surface area contributed by atoms with Crippen LogP contribution in [0.4, 0.5) is 13.2 Å². The maximum Gasteiger partial charge on any atom is 0.408 e. The first-order valence-electron chi connectivity index (χ1n) is 12.2. The molecule has 1 amide bonds. The third-order valence-corrected chi connectivity index (χ3v) is 6.68. The summed E-state index contributed by atoms with van der Waals surface area (Å²) in [5, 5.41) is 12.1. The van der Waals surface area contributed by atoms with Gasteiger partial charge < -0.3 is 11.1 Å². The largest absolute Gasteiger partial charge is 0.408 e. The number of aryl methyl sites for hydroxylation is 1. The second kappa shape index (κ2) is 11.6. The van der Waals surface area contributed by atoms with Gasteiger partial charge in [0.05, 0.1) is 5.52 Å². The summed E-state index contributed by atoms with van der Waals surface area (Å²) in [7, 11) is 0. The number of carbonyl (C=O) groups excluding carboxylic acids is 1. The maximum absolute atomic E-state index is 14.2. The smallest absolute Gasteiger partial charge is 0.350 e. The number of pyridine rings is 2. The number of nitrogens with one attached hydrogen (secondary N) is 1. The molecule has 3 aromatic heterocycles. The SMILES string of the molecule is Cc1c(C(=O)NC(C)C)ccc2ccc(-c3nnc4ccc([C@@H](N5CC[C@H](N)C5)C(F)(F)F)cn34)nc12.Cl.Cl. The molecule has 13 heteroatoms. The number of carbonyl (C=O) groups is 1. The van der Waals surface area contributed by atoms with Crippen molar-refractivity contribution in [1.82, 2.24) is 29.8 Å². The lowest BCUT2D eigenvalue weighted by Crippen LogP contribution is -2.38. The highest BCUT2D eigenvalue weighted by Gasteiger charge is 2.46. The van der Waals surface area contributed by atoms with Gasteiger partial charge in [-0.25, -0.2) is 4.98 Å². The number of benzene rings is 1. The molecular formula is C26H30Cl2F3N7O. The summed E-state index contributed by atoms with van der Waals surface area (Å²) in [6.07, 6.45) is -2.53. The molecule has 5 rings (SSSR count). The van der Waals surface area contributed by atoms with Crippen molar-refractivity contribution in [2.75, 3.05) is 13.1 Å². The molecular weight excluding hydrogens is 554 g/mol. The molecule has 0 spiro atoms. The number of aromatic nitrogens is 4. The standard InChI is InChI=1S/C26H28F3N7O.2ClH/c1-14(2)31-25(37)19-7-4-16-5-8-20(32-22(16)15(19)3)24-34-33-21-9-6-17(12-36(21)24)23(26(27,28)29)35-11-10-18(30)13-35;;/h4-9,12,14,18,23H,10-11,13,30H2,1-3H3,(H,31,37);2*1H/t18-,23+;;/m0../s1. The summed E-state index contributed by atoms with van der Waals surface area (Å²) >= 11 is 0. The van der Waals surface area contributed by atoms with Crippen molar-refractivity contribution in [1.29, 1.82) is 0 Å². The Kier molecular flexibility index (Phi) is 9.11. The van der Waals surface area contributed by atoms with Crippen molar-refractivity contribution in [2.45, 2.75) is 51.5 Å². The number of fused-ring (bicyclic) bond motifs is 2. The van der Waals surface area contributed by atoms with Crippen LogP contribution in [0.25, 0.3) is 28.1 Å². The predicted octanol–water partition coefficient (Wildman–Crippen LogP) is 4.87. The first kappa shape index (κ1) is 30.6. The van der Waals surface area contributed by atoms with Crippen molar-refractivity contribution < 1.29 is 18.0 Å². The van der Waals surface area contributed by atoms with E-state index in [0.29, 0.717) is 40.2 Å². The zero-order chi connectivity index (χ0) is 26.5. The second-order valence-electron chi connectivity index (χ2n) is 9.84. The van der Waals surface area contributed by atoms with E-state index in [-0.39, 0.29) is 61.5 Å². The first-order chi connectivity index (χ1) is 17.5. The van der Waals surface area contributed by atoms with Gasteiger partial charge >= 0.3 is 6.18 Å². The molecule has 0 bridgehead atoms. The van der Waals surface area contributed by atoms with E-state index in [4.69, 9.17) is 10.7 Å². The molecule has 210 valence electrons. The Balaban J connectivity index is 0.00000210. The van der Waals surface area contributed by atoms with Gasteiger partial charge in [-0.15, -0.1) is 35.0 Å². The first-order valence-corrected chi connectivity index (χ1v) is 12.2. The normalized spacial score (nSPS) is 16.8. The van der Waals surface area contributed by atoms with Gasteiger partial charge in [0.2, 0.25) is 0 Å². The summed E-state index contributed by atoms with van der Waals surface area (Å²) in [6.45, 7) is 6.04. The van der Waals surface area contributed by atoms with E-state index < -0.39 is 12.2 Å². The fourth-order valence-corrected chi connectivity index (χ4v) is 4.94. The Morgan fingerprint density at radius 2 is 1.82 bits per heavy atom. The molecule has 0 saturated carbocycles. The van der Waals surface area contributed by atoms with Crippen LogP contribution in [-0.4, -0.2) is 61.7 Å². The average Bonchev–Trinajstić information content (AvgIpc) is 3.44. The predicted molar refractivity (Wildman–Crippen MR) is 149 cm³/mol. The number of alkyl halides is 3. The van der Waals surface area contributed by atoms with Gasteiger partial charge in [-0.05, 0) is 56.5 Å². The van der Waals surface area contributed by atoms with Gasteiger partial charge in [0.15, 0.2) is 11.5 Å². The molecule has 0 unspecified atom stereocenters. The van der Waals surface area contributed by atoms with Crippen molar-refractivity contribution in [3.8, 4) is 11.5 Å². The third kappa shape index (κ3) is 5.96. The number of nitrogens with two attached hydrogens (primary N) is 1. The Labute approximate surface area is 236 Å². The molecule has 4 heterocycles. The van der Waals surface area contributed by atoms with Gasteiger partial charge in [-0.3, -0.25) is 14.1 Å². The highest BCUT2D eigenvalue weighted by Crippen LogP contribution is 2.39. The average molecular weight is 584 g/mol. The van der Waals surface area contributed by atoms with E-state index >= 15 is 0 Å². The number of likely N-dealkylation sites (tertiary alicyclic amines) is 1. The minimum atomic E-state index is -4.48. The lowest BCUT2D eigenvalue weighted by atomic mass is 10.0. The fraction of sp³-hybridized carbons (Fsp3) is 0.385. The summed E-state index contributed by atoms with van der Waals surface area (Å²) in [5.41, 5.74) is 8.65. The zero-order valence-electron chi connectivity index (χ0n) is 21.6. The van der Waals surface area contributed by atoms with E-state index in [1.807, 2.05) is 32.9 Å². The van der Waals surface area contributed by atoms with Crippen LogP contribution in [-0.2, 0) is 0 Å². The molecule has 8 nitrogen and oxygen atoms in total. The van der Waals surface area contributed by atoms with Crippen molar-refractivity contribution in [3.63, 3.8) is 0 Å². The van der Waals surface area contributed by atoms with Gasteiger partial charge in [0, 0.05) is 42.3 Å². The Morgan fingerprint density at radius 3 is 2.46 bits per heavy atom. The van der Waals surface area contributed by atoms with Crippen LogP contribution in [0.5, 0.6) is 0 Å². The minimum absolute atomic E-state index is 0. The highest BCUT2D eigenvalue weighted by atomic mass is 35.5. The maximum atomic E-state index is 14.2. The highest BCUT2D eigenvalue weighted by molar-refractivity contribution is 6.00. The number of hydrogen-bond acceptors (Lipinski definition) is 6. The second-order valence-corrected chi connectivity index (χ2v) is 9.84. The van der Waals surface area contributed by atoms with E-state index in [1.54, 1.807) is 12.1 Å². The van der Waals surface area contributed by atoms with Crippen LogP contribution in [0.15, 0.2) is 42.6 Å². The van der Waals surface area contributed by atoms with Gasteiger partial charge in [-0.1, -0.05) is 18.2 Å². The van der Waals surface area contributed by atoms with E-state index in [2.05, 4.69) is 15.5 Å². The Hall–Kier alpha value is -2.99. The van der Waals surface area contributed by atoms with Crippen LogP contribution >= 0.6 is 24.8 Å². The Bertz CT molecular complexity index is 1490. The van der Waals surface area contributed by atoms with Gasteiger partial charge in [0.25, 0.3) is 5.91 Å². The molecule has 1 saturated heterocycles.